The maximum Gasteiger partial charge on any atom is 0.216 e. The number of benzene rings is 1. The van der Waals surface area contributed by atoms with E-state index in [1.54, 1.807) is 12.1 Å². The Hall–Kier alpha value is -1.69. The molecule has 1 saturated heterocycles. The maximum absolute atomic E-state index is 13.5. The molecule has 0 radical (unpaired) electrons. The molecule has 1 N–H and O–H groups in total. The fourth-order valence-electron chi connectivity index (χ4n) is 2.59. The number of hydrogen-bond donors (Lipinski definition) is 1. The number of anilines is 1. The summed E-state index contributed by atoms with van der Waals surface area (Å²) in [5.74, 6) is -0.760. The van der Waals surface area contributed by atoms with E-state index in [0.29, 0.717) is 18.8 Å². The highest BCUT2D eigenvalue weighted by Crippen LogP contribution is 2.18. The van der Waals surface area contributed by atoms with Gasteiger partial charge in [-0.25, -0.2) is 12.8 Å². The van der Waals surface area contributed by atoms with Crippen LogP contribution in [-0.4, -0.2) is 50.3 Å². The van der Waals surface area contributed by atoms with Gasteiger partial charge in [-0.2, -0.15) is 9.57 Å². The molecule has 6 nitrogen and oxygen atoms in total. The number of halogens is 1. The Morgan fingerprint density at radius 1 is 1.39 bits per heavy atom. The summed E-state index contributed by atoms with van der Waals surface area (Å²) in [6.45, 7) is 4.43. The van der Waals surface area contributed by atoms with Crippen molar-refractivity contribution in [3.8, 4) is 6.07 Å². The van der Waals surface area contributed by atoms with Crippen molar-refractivity contribution in [1.82, 2.24) is 4.31 Å². The Bertz CT molecular complexity index is 692. The van der Waals surface area contributed by atoms with Crippen LogP contribution < -0.4 is 5.32 Å². The van der Waals surface area contributed by atoms with Crippen molar-refractivity contribution in [2.45, 2.75) is 26.1 Å². The van der Waals surface area contributed by atoms with Crippen molar-refractivity contribution in [3.63, 3.8) is 0 Å². The molecule has 1 fully saturated rings. The molecular weight excluding hydrogens is 321 g/mol. The lowest BCUT2D eigenvalue weighted by atomic mass is 10.2. The Morgan fingerprint density at radius 2 is 2.04 bits per heavy atom. The van der Waals surface area contributed by atoms with Gasteiger partial charge in [0.15, 0.2) is 0 Å². The molecule has 2 rings (SSSR count). The fraction of sp³-hybridized carbons (Fsp3) is 0.533. The third-order valence-electron chi connectivity index (χ3n) is 3.58. The van der Waals surface area contributed by atoms with Crippen LogP contribution in [-0.2, 0) is 14.8 Å². The molecule has 1 aliphatic rings. The van der Waals surface area contributed by atoms with Gasteiger partial charge in [0.25, 0.3) is 0 Å². The van der Waals surface area contributed by atoms with Gasteiger partial charge in [-0.15, -0.1) is 0 Å². The zero-order valence-corrected chi connectivity index (χ0v) is 13.9. The third-order valence-corrected chi connectivity index (χ3v) is 5.39. The monoisotopic (exact) mass is 341 g/mol. The Balaban J connectivity index is 1.98. The molecule has 0 bridgehead atoms. The van der Waals surface area contributed by atoms with Crippen LogP contribution in [0.5, 0.6) is 0 Å². The molecule has 0 saturated carbocycles. The minimum absolute atomic E-state index is 0.0978. The van der Waals surface area contributed by atoms with Crippen LogP contribution in [0.15, 0.2) is 18.2 Å². The van der Waals surface area contributed by atoms with Gasteiger partial charge in [-0.05, 0) is 26.0 Å². The van der Waals surface area contributed by atoms with Crippen LogP contribution in [0.4, 0.5) is 10.1 Å². The second-order valence-corrected chi connectivity index (χ2v) is 7.68. The average Bonchev–Trinajstić information content (AvgIpc) is 2.46. The largest absolute Gasteiger partial charge is 0.383 e. The smallest absolute Gasteiger partial charge is 0.216 e. The first kappa shape index (κ1) is 17.7. The molecular formula is C15H20FN3O3S. The first-order valence-electron chi connectivity index (χ1n) is 7.39. The maximum atomic E-state index is 13.5. The van der Waals surface area contributed by atoms with E-state index < -0.39 is 15.8 Å². The van der Waals surface area contributed by atoms with Crippen molar-refractivity contribution in [2.24, 2.45) is 0 Å². The van der Waals surface area contributed by atoms with Crippen LogP contribution in [0.1, 0.15) is 19.4 Å². The van der Waals surface area contributed by atoms with Crippen LogP contribution in [0, 0.1) is 17.1 Å². The Morgan fingerprint density at radius 3 is 2.65 bits per heavy atom. The molecule has 126 valence electrons. The van der Waals surface area contributed by atoms with Gasteiger partial charge < -0.3 is 10.1 Å². The van der Waals surface area contributed by atoms with Gasteiger partial charge in [0, 0.05) is 19.6 Å². The zero-order valence-electron chi connectivity index (χ0n) is 13.1. The number of ether oxygens (including phenoxy) is 1. The van der Waals surface area contributed by atoms with Crippen LogP contribution >= 0.6 is 0 Å². The molecule has 23 heavy (non-hydrogen) atoms. The standard InChI is InChI=1S/C15H20FN3O3S/c1-11-9-19(10-12(2)22-11)23(20,21)7-6-18-15-5-3-4-14(16)13(15)8-17/h3-5,11-12,18H,6-7,9-10H2,1-2H3. The highest BCUT2D eigenvalue weighted by Gasteiger charge is 2.30. The predicted octanol–water partition coefficient (Wildman–Crippen LogP) is 1.55. The predicted molar refractivity (Wildman–Crippen MR) is 85.0 cm³/mol. The van der Waals surface area contributed by atoms with Crippen LogP contribution in [0.25, 0.3) is 0 Å². The first-order chi connectivity index (χ1) is 10.8. The Labute approximate surface area is 135 Å². The van der Waals surface area contributed by atoms with Gasteiger partial charge in [0.1, 0.15) is 17.4 Å². The summed E-state index contributed by atoms with van der Waals surface area (Å²) < 4.78 is 45.2. The molecule has 0 aliphatic carbocycles. The highest BCUT2D eigenvalue weighted by molar-refractivity contribution is 7.89. The van der Waals surface area contributed by atoms with Crippen LogP contribution in [0.2, 0.25) is 0 Å². The molecule has 0 amide bonds. The molecule has 0 aromatic heterocycles. The normalized spacial score (nSPS) is 22.5. The van der Waals surface area contributed by atoms with Gasteiger partial charge in [0.2, 0.25) is 10.0 Å². The van der Waals surface area contributed by atoms with E-state index in [9.17, 15) is 12.8 Å². The van der Waals surface area contributed by atoms with Gasteiger partial charge >= 0.3 is 0 Å². The summed E-state index contributed by atoms with van der Waals surface area (Å²) in [5, 5.41) is 11.8. The quantitative estimate of drug-likeness (QED) is 0.879. The molecule has 8 heteroatoms. The minimum atomic E-state index is -3.43. The number of nitrogens with zero attached hydrogens (tertiary/aromatic N) is 2. The van der Waals surface area contributed by atoms with E-state index >= 15 is 0 Å². The first-order valence-corrected chi connectivity index (χ1v) is 9.00. The highest BCUT2D eigenvalue weighted by atomic mass is 32.2. The molecule has 1 heterocycles. The lowest BCUT2D eigenvalue weighted by Crippen LogP contribution is -2.49. The third kappa shape index (κ3) is 4.41. The fourth-order valence-corrected chi connectivity index (χ4v) is 4.08. The number of rotatable bonds is 5. The number of morpholine rings is 1. The number of sulfonamides is 1. The molecule has 1 aromatic carbocycles. The number of nitriles is 1. The van der Waals surface area contributed by atoms with Crippen molar-refractivity contribution in [2.75, 3.05) is 30.7 Å². The van der Waals surface area contributed by atoms with Gasteiger partial charge in [0.05, 0.1) is 23.6 Å². The van der Waals surface area contributed by atoms with E-state index in [2.05, 4.69) is 5.32 Å². The van der Waals surface area contributed by atoms with E-state index in [0.717, 1.165) is 0 Å². The summed E-state index contributed by atoms with van der Waals surface area (Å²) in [4.78, 5) is 0. The van der Waals surface area contributed by atoms with Gasteiger partial charge in [-0.1, -0.05) is 6.07 Å². The molecule has 1 aromatic rings. The second-order valence-electron chi connectivity index (χ2n) is 5.59. The van der Waals surface area contributed by atoms with Crippen molar-refractivity contribution >= 4 is 15.7 Å². The summed E-state index contributed by atoms with van der Waals surface area (Å²) >= 11 is 0. The van der Waals surface area contributed by atoms with Crippen LogP contribution in [0.3, 0.4) is 0 Å². The van der Waals surface area contributed by atoms with Crippen molar-refractivity contribution < 1.29 is 17.5 Å². The lowest BCUT2D eigenvalue weighted by molar-refractivity contribution is -0.0440. The minimum Gasteiger partial charge on any atom is -0.383 e. The average molecular weight is 341 g/mol. The van der Waals surface area contributed by atoms with Crippen molar-refractivity contribution in [1.29, 1.82) is 5.26 Å². The number of nitrogens with one attached hydrogen (secondary N) is 1. The van der Waals surface area contributed by atoms with E-state index in [1.807, 2.05) is 13.8 Å². The molecule has 0 spiro atoms. The summed E-state index contributed by atoms with van der Waals surface area (Å²) in [5.41, 5.74) is 0.185. The zero-order chi connectivity index (χ0) is 17.0. The summed E-state index contributed by atoms with van der Waals surface area (Å²) in [7, 11) is -3.43. The van der Waals surface area contributed by atoms with E-state index in [4.69, 9.17) is 10.00 Å². The van der Waals surface area contributed by atoms with E-state index in [-0.39, 0.29) is 30.1 Å². The summed E-state index contributed by atoms with van der Waals surface area (Å²) in [6.07, 6.45) is -0.287. The topological polar surface area (TPSA) is 82.4 Å². The molecule has 2 unspecified atom stereocenters. The number of hydrogen-bond acceptors (Lipinski definition) is 5. The SMILES string of the molecule is CC1CN(S(=O)(=O)CCNc2cccc(F)c2C#N)CC(C)O1. The molecule has 1 aliphatic heterocycles. The second kappa shape index (κ2) is 7.25. The van der Waals surface area contributed by atoms with Crippen molar-refractivity contribution in [3.05, 3.63) is 29.6 Å². The molecule has 2 atom stereocenters. The van der Waals surface area contributed by atoms with Gasteiger partial charge in [-0.3, -0.25) is 0 Å². The van der Waals surface area contributed by atoms with E-state index in [1.165, 1.54) is 16.4 Å². The Kier molecular flexibility index (Phi) is 5.57. The summed E-state index contributed by atoms with van der Waals surface area (Å²) in [6, 6.07) is 5.98. The lowest BCUT2D eigenvalue weighted by Gasteiger charge is -2.34.